The van der Waals surface area contributed by atoms with Gasteiger partial charge in [-0.25, -0.2) is 12.7 Å². The van der Waals surface area contributed by atoms with Crippen LogP contribution in [0.5, 0.6) is 0 Å². The van der Waals surface area contributed by atoms with Gasteiger partial charge in [0.15, 0.2) is 0 Å². The first-order chi connectivity index (χ1) is 8.92. The Balaban J connectivity index is 2.60. The van der Waals surface area contributed by atoms with E-state index in [-0.39, 0.29) is 0 Å². The molecule has 1 saturated heterocycles. The molecule has 0 amide bonds. The van der Waals surface area contributed by atoms with Crippen LogP contribution in [-0.4, -0.2) is 45.2 Å². The second kappa shape index (κ2) is 7.60. The molecule has 0 spiro atoms. The first-order valence-electron chi connectivity index (χ1n) is 7.54. The van der Waals surface area contributed by atoms with E-state index in [9.17, 15) is 8.42 Å². The average Bonchev–Trinajstić information content (AvgIpc) is 2.38. The van der Waals surface area contributed by atoms with Crippen LogP contribution in [0.3, 0.4) is 0 Å². The predicted molar refractivity (Wildman–Crippen MR) is 80.7 cm³/mol. The molecule has 1 aliphatic rings. The van der Waals surface area contributed by atoms with Crippen LogP contribution in [0.1, 0.15) is 46.0 Å². The van der Waals surface area contributed by atoms with Crippen LogP contribution in [0.2, 0.25) is 0 Å². The largest absolute Gasteiger partial charge is 0.317 e. The SMILES string of the molecule is CCC(CC)C(CC1CCCN(S(C)(=O)=O)C1)NC. The minimum atomic E-state index is -3.02. The van der Waals surface area contributed by atoms with Crippen LogP contribution in [0.15, 0.2) is 0 Å². The van der Waals surface area contributed by atoms with E-state index in [4.69, 9.17) is 0 Å². The van der Waals surface area contributed by atoms with Crippen molar-refractivity contribution in [1.29, 1.82) is 0 Å². The molecule has 0 aromatic rings. The average molecular weight is 290 g/mol. The number of sulfonamides is 1. The van der Waals surface area contributed by atoms with E-state index in [1.165, 1.54) is 19.1 Å². The minimum Gasteiger partial charge on any atom is -0.317 e. The summed E-state index contributed by atoms with van der Waals surface area (Å²) in [5.41, 5.74) is 0. The van der Waals surface area contributed by atoms with Gasteiger partial charge in [-0.2, -0.15) is 0 Å². The van der Waals surface area contributed by atoms with Crippen LogP contribution < -0.4 is 5.32 Å². The third-order valence-corrected chi connectivity index (χ3v) is 5.80. The summed E-state index contributed by atoms with van der Waals surface area (Å²) in [4.78, 5) is 0. The van der Waals surface area contributed by atoms with E-state index in [0.717, 1.165) is 19.3 Å². The van der Waals surface area contributed by atoms with Crippen LogP contribution >= 0.6 is 0 Å². The Bertz CT molecular complexity index is 352. The van der Waals surface area contributed by atoms with Crippen molar-refractivity contribution in [1.82, 2.24) is 9.62 Å². The highest BCUT2D eigenvalue weighted by atomic mass is 32.2. The number of piperidine rings is 1. The molecule has 1 N–H and O–H groups in total. The van der Waals surface area contributed by atoms with Crippen molar-refractivity contribution in [2.24, 2.45) is 11.8 Å². The highest BCUT2D eigenvalue weighted by Crippen LogP contribution is 2.26. The van der Waals surface area contributed by atoms with Gasteiger partial charge < -0.3 is 5.32 Å². The molecular weight excluding hydrogens is 260 g/mol. The van der Waals surface area contributed by atoms with Crippen LogP contribution in [0.4, 0.5) is 0 Å². The van der Waals surface area contributed by atoms with Crippen molar-refractivity contribution < 1.29 is 8.42 Å². The molecule has 114 valence electrons. The lowest BCUT2D eigenvalue weighted by molar-refractivity contribution is 0.213. The van der Waals surface area contributed by atoms with E-state index in [0.29, 0.717) is 31.0 Å². The van der Waals surface area contributed by atoms with Crippen molar-refractivity contribution in [2.45, 2.75) is 52.0 Å². The first-order valence-corrected chi connectivity index (χ1v) is 9.39. The molecule has 1 rings (SSSR count). The summed E-state index contributed by atoms with van der Waals surface area (Å²) in [5.74, 6) is 1.19. The number of rotatable bonds is 7. The lowest BCUT2D eigenvalue weighted by atomic mass is 9.84. The van der Waals surface area contributed by atoms with Gasteiger partial charge in [0, 0.05) is 19.1 Å². The van der Waals surface area contributed by atoms with Crippen molar-refractivity contribution in [3.05, 3.63) is 0 Å². The van der Waals surface area contributed by atoms with Crippen LogP contribution in [0.25, 0.3) is 0 Å². The molecule has 4 nitrogen and oxygen atoms in total. The van der Waals surface area contributed by atoms with E-state index in [1.807, 2.05) is 7.05 Å². The summed E-state index contributed by atoms with van der Waals surface area (Å²) in [7, 11) is -0.992. The summed E-state index contributed by atoms with van der Waals surface area (Å²) in [6.45, 7) is 5.88. The Labute approximate surface area is 119 Å². The normalized spacial score (nSPS) is 23.7. The fourth-order valence-corrected chi connectivity index (χ4v) is 4.23. The van der Waals surface area contributed by atoms with Crippen molar-refractivity contribution in [3.63, 3.8) is 0 Å². The monoisotopic (exact) mass is 290 g/mol. The fourth-order valence-electron chi connectivity index (χ4n) is 3.28. The van der Waals surface area contributed by atoms with Gasteiger partial charge in [0.2, 0.25) is 10.0 Å². The van der Waals surface area contributed by atoms with Gasteiger partial charge in [0.25, 0.3) is 0 Å². The van der Waals surface area contributed by atoms with Gasteiger partial charge in [0.1, 0.15) is 0 Å². The lowest BCUT2D eigenvalue weighted by Crippen LogP contribution is -2.43. The van der Waals surface area contributed by atoms with E-state index >= 15 is 0 Å². The Morgan fingerprint density at radius 3 is 2.42 bits per heavy atom. The zero-order valence-electron chi connectivity index (χ0n) is 12.9. The van der Waals surface area contributed by atoms with Crippen LogP contribution in [-0.2, 0) is 10.0 Å². The Morgan fingerprint density at radius 1 is 1.32 bits per heavy atom. The molecule has 0 aromatic carbocycles. The molecule has 5 heteroatoms. The molecule has 0 bridgehead atoms. The highest BCUT2D eigenvalue weighted by Gasteiger charge is 2.28. The molecule has 0 radical (unpaired) electrons. The van der Waals surface area contributed by atoms with Gasteiger partial charge in [-0.15, -0.1) is 0 Å². The van der Waals surface area contributed by atoms with Gasteiger partial charge in [-0.05, 0) is 38.1 Å². The molecule has 1 aliphatic heterocycles. The molecule has 19 heavy (non-hydrogen) atoms. The van der Waals surface area contributed by atoms with Gasteiger partial charge in [-0.3, -0.25) is 0 Å². The van der Waals surface area contributed by atoms with E-state index < -0.39 is 10.0 Å². The van der Waals surface area contributed by atoms with Crippen molar-refractivity contribution >= 4 is 10.0 Å². The molecule has 1 fully saturated rings. The van der Waals surface area contributed by atoms with Crippen molar-refractivity contribution in [3.8, 4) is 0 Å². The van der Waals surface area contributed by atoms with Crippen LogP contribution in [0, 0.1) is 11.8 Å². The number of hydrogen-bond acceptors (Lipinski definition) is 3. The molecule has 2 atom stereocenters. The zero-order valence-corrected chi connectivity index (χ0v) is 13.7. The fraction of sp³-hybridized carbons (Fsp3) is 1.00. The third kappa shape index (κ3) is 5.04. The summed E-state index contributed by atoms with van der Waals surface area (Å²) < 4.78 is 24.9. The Kier molecular flexibility index (Phi) is 6.77. The highest BCUT2D eigenvalue weighted by molar-refractivity contribution is 7.88. The molecule has 2 unspecified atom stereocenters. The molecule has 0 saturated carbocycles. The Morgan fingerprint density at radius 2 is 1.95 bits per heavy atom. The molecule has 0 aliphatic carbocycles. The van der Waals surface area contributed by atoms with Gasteiger partial charge >= 0.3 is 0 Å². The second-order valence-corrected chi connectivity index (χ2v) is 7.82. The maximum absolute atomic E-state index is 11.6. The summed E-state index contributed by atoms with van der Waals surface area (Å²) in [6.07, 6.45) is 6.94. The van der Waals surface area contributed by atoms with E-state index in [2.05, 4.69) is 19.2 Å². The quantitative estimate of drug-likeness (QED) is 0.781. The Hall–Kier alpha value is -0.130. The maximum atomic E-state index is 11.6. The summed E-state index contributed by atoms with van der Waals surface area (Å²) in [6, 6.07) is 0.513. The van der Waals surface area contributed by atoms with E-state index in [1.54, 1.807) is 4.31 Å². The number of nitrogens with one attached hydrogen (secondary N) is 1. The van der Waals surface area contributed by atoms with Gasteiger partial charge in [0.05, 0.1) is 6.26 Å². The van der Waals surface area contributed by atoms with Crippen molar-refractivity contribution in [2.75, 3.05) is 26.4 Å². The predicted octanol–water partition coefficient (Wildman–Crippen LogP) is 2.07. The number of hydrogen-bond donors (Lipinski definition) is 1. The smallest absolute Gasteiger partial charge is 0.211 e. The van der Waals surface area contributed by atoms with Gasteiger partial charge in [-0.1, -0.05) is 26.7 Å². The summed E-state index contributed by atoms with van der Waals surface area (Å²) in [5, 5.41) is 3.44. The molecular formula is C14H30N2O2S. The zero-order chi connectivity index (χ0) is 14.5. The molecule has 0 aromatic heterocycles. The third-order valence-electron chi connectivity index (χ3n) is 4.53. The second-order valence-electron chi connectivity index (χ2n) is 5.84. The lowest BCUT2D eigenvalue weighted by Gasteiger charge is -2.35. The summed E-state index contributed by atoms with van der Waals surface area (Å²) >= 11 is 0. The standard InChI is InChI=1S/C14H30N2O2S/c1-5-13(6-2)14(15-3)10-12-8-7-9-16(11-12)19(4,17)18/h12-15H,5-11H2,1-4H3. The minimum absolute atomic E-state index is 0.501. The first kappa shape index (κ1) is 16.9. The maximum Gasteiger partial charge on any atom is 0.211 e. The topological polar surface area (TPSA) is 49.4 Å². The molecule has 1 heterocycles. The number of nitrogens with zero attached hydrogens (tertiary/aromatic N) is 1.